The monoisotopic (exact) mass is 400 g/mol. The van der Waals surface area contributed by atoms with E-state index >= 15 is 0 Å². The van der Waals surface area contributed by atoms with Gasteiger partial charge in [0.2, 0.25) is 11.7 Å². The summed E-state index contributed by atoms with van der Waals surface area (Å²) < 4.78 is 11.2. The molecule has 1 aromatic carbocycles. The molecule has 1 aliphatic heterocycles. The minimum Gasteiger partial charge on any atom is -0.377 e. The van der Waals surface area contributed by atoms with Crippen LogP contribution in [0.15, 0.2) is 46.3 Å². The number of rotatable bonds is 8. The summed E-state index contributed by atoms with van der Waals surface area (Å²) in [7, 11) is 0. The lowest BCUT2D eigenvalue weighted by atomic mass is 10.2. The molecule has 0 N–H and O–H groups in total. The molecule has 0 bridgehead atoms. The summed E-state index contributed by atoms with van der Waals surface area (Å²) in [5.74, 6) is 0.945. The van der Waals surface area contributed by atoms with Crippen molar-refractivity contribution < 1.29 is 14.2 Å². The Labute approximate surface area is 165 Å². The van der Waals surface area contributed by atoms with Gasteiger partial charge in [-0.25, -0.2) is 0 Å². The summed E-state index contributed by atoms with van der Waals surface area (Å²) >= 11 is 1.72. The second-order valence-corrected chi connectivity index (χ2v) is 7.73. The molecule has 0 aliphatic carbocycles. The molecule has 1 saturated heterocycles. The lowest BCUT2D eigenvalue weighted by Gasteiger charge is -2.23. The van der Waals surface area contributed by atoms with Crippen molar-refractivity contribution in [2.75, 3.05) is 13.2 Å². The van der Waals surface area contributed by atoms with Gasteiger partial charge in [0.1, 0.15) is 0 Å². The van der Waals surface area contributed by atoms with Crippen LogP contribution in [0.25, 0.3) is 11.4 Å². The molecule has 3 heterocycles. The number of hydrogen-bond donors (Lipinski definition) is 0. The van der Waals surface area contributed by atoms with E-state index in [9.17, 15) is 10.1 Å². The van der Waals surface area contributed by atoms with Gasteiger partial charge in [-0.1, -0.05) is 11.2 Å². The first kappa shape index (κ1) is 18.7. The first-order valence-corrected chi connectivity index (χ1v) is 9.99. The van der Waals surface area contributed by atoms with Crippen LogP contribution in [0.5, 0.6) is 0 Å². The van der Waals surface area contributed by atoms with Crippen LogP contribution in [0, 0.1) is 10.1 Å². The van der Waals surface area contributed by atoms with E-state index < -0.39 is 4.92 Å². The van der Waals surface area contributed by atoms with Crippen molar-refractivity contribution in [1.82, 2.24) is 15.0 Å². The molecule has 0 unspecified atom stereocenters. The van der Waals surface area contributed by atoms with Crippen molar-refractivity contribution in [2.45, 2.75) is 32.0 Å². The fourth-order valence-corrected chi connectivity index (χ4v) is 3.99. The lowest BCUT2D eigenvalue weighted by molar-refractivity contribution is -0.384. The maximum Gasteiger partial charge on any atom is 0.269 e. The Kier molecular flexibility index (Phi) is 5.75. The fourth-order valence-electron chi connectivity index (χ4n) is 3.24. The summed E-state index contributed by atoms with van der Waals surface area (Å²) in [5.41, 5.74) is 0.718. The highest BCUT2D eigenvalue weighted by Gasteiger charge is 2.22. The van der Waals surface area contributed by atoms with E-state index in [-0.39, 0.29) is 11.8 Å². The fraction of sp³-hybridized carbons (Fsp3) is 0.368. The summed E-state index contributed by atoms with van der Waals surface area (Å²) in [5, 5.41) is 16.9. The Bertz CT molecular complexity index is 904. The van der Waals surface area contributed by atoms with Crippen LogP contribution in [0.4, 0.5) is 5.69 Å². The van der Waals surface area contributed by atoms with E-state index in [1.54, 1.807) is 23.5 Å². The number of thiophene rings is 1. The van der Waals surface area contributed by atoms with Gasteiger partial charge in [0.25, 0.3) is 5.69 Å². The Morgan fingerprint density at radius 2 is 2.11 bits per heavy atom. The molecule has 3 aromatic rings. The van der Waals surface area contributed by atoms with E-state index in [4.69, 9.17) is 9.26 Å². The minimum absolute atomic E-state index is 0.0335. The second kappa shape index (κ2) is 8.59. The van der Waals surface area contributed by atoms with Crippen molar-refractivity contribution in [3.63, 3.8) is 0 Å². The lowest BCUT2D eigenvalue weighted by Crippen LogP contribution is -2.31. The Morgan fingerprint density at radius 3 is 2.79 bits per heavy atom. The zero-order valence-corrected chi connectivity index (χ0v) is 16.0. The SMILES string of the molecule is O=[N+]([O-])c1ccc(-c2noc(CN(Cc3cccs3)C[C@H]3CCCO3)n2)cc1. The molecule has 146 valence electrons. The van der Waals surface area contributed by atoms with Crippen LogP contribution in [-0.2, 0) is 17.8 Å². The van der Waals surface area contributed by atoms with E-state index in [1.807, 2.05) is 6.07 Å². The average Bonchev–Trinajstić information content (AvgIpc) is 3.45. The molecule has 0 amide bonds. The molecule has 0 saturated carbocycles. The first-order chi connectivity index (χ1) is 13.7. The third-order valence-electron chi connectivity index (χ3n) is 4.61. The van der Waals surface area contributed by atoms with Crippen molar-refractivity contribution in [2.24, 2.45) is 0 Å². The highest BCUT2D eigenvalue weighted by Crippen LogP contribution is 2.22. The van der Waals surface area contributed by atoms with Gasteiger partial charge in [-0.2, -0.15) is 4.98 Å². The van der Waals surface area contributed by atoms with Crippen LogP contribution in [0.2, 0.25) is 0 Å². The molecular weight excluding hydrogens is 380 g/mol. The van der Waals surface area contributed by atoms with Crippen LogP contribution in [-0.4, -0.2) is 39.2 Å². The zero-order valence-electron chi connectivity index (χ0n) is 15.2. The topological polar surface area (TPSA) is 94.5 Å². The number of nitrogens with zero attached hydrogens (tertiary/aromatic N) is 4. The van der Waals surface area contributed by atoms with E-state index in [0.29, 0.717) is 23.8 Å². The van der Waals surface area contributed by atoms with E-state index in [0.717, 1.165) is 32.5 Å². The molecule has 2 aromatic heterocycles. The highest BCUT2D eigenvalue weighted by atomic mass is 32.1. The van der Waals surface area contributed by atoms with Crippen molar-refractivity contribution in [1.29, 1.82) is 0 Å². The number of benzene rings is 1. The smallest absolute Gasteiger partial charge is 0.269 e. The van der Waals surface area contributed by atoms with Gasteiger partial charge < -0.3 is 9.26 Å². The Morgan fingerprint density at radius 1 is 1.25 bits per heavy atom. The number of ether oxygens (including phenoxy) is 1. The van der Waals surface area contributed by atoms with E-state index in [1.165, 1.54) is 17.0 Å². The van der Waals surface area contributed by atoms with Crippen LogP contribution < -0.4 is 0 Å². The first-order valence-electron chi connectivity index (χ1n) is 9.11. The highest BCUT2D eigenvalue weighted by molar-refractivity contribution is 7.09. The van der Waals surface area contributed by atoms with Crippen LogP contribution >= 0.6 is 11.3 Å². The Balaban J connectivity index is 1.46. The van der Waals surface area contributed by atoms with Crippen molar-refractivity contribution in [3.8, 4) is 11.4 Å². The maximum absolute atomic E-state index is 10.8. The summed E-state index contributed by atoms with van der Waals surface area (Å²) in [6.45, 7) is 2.96. The maximum atomic E-state index is 10.8. The number of nitro groups is 1. The molecule has 1 aliphatic rings. The number of non-ortho nitro benzene ring substituents is 1. The van der Waals surface area contributed by atoms with Gasteiger partial charge in [-0.3, -0.25) is 15.0 Å². The van der Waals surface area contributed by atoms with Crippen molar-refractivity contribution in [3.05, 3.63) is 62.7 Å². The minimum atomic E-state index is -0.432. The molecule has 9 heteroatoms. The standard InChI is InChI=1S/C19H20N4O4S/c24-23(25)15-7-5-14(6-8-15)19-20-18(27-21-19)13-22(11-16-3-1-9-26-16)12-17-4-2-10-28-17/h2,4-8,10,16H,1,3,9,11-13H2/t16-/m1/s1. The molecule has 0 spiro atoms. The van der Waals surface area contributed by atoms with Gasteiger partial charge in [0, 0.05) is 42.3 Å². The summed E-state index contributed by atoms with van der Waals surface area (Å²) in [4.78, 5) is 18.4. The number of aromatic nitrogens is 2. The number of hydrogen-bond acceptors (Lipinski definition) is 8. The normalized spacial score (nSPS) is 16.7. The third kappa shape index (κ3) is 4.61. The van der Waals surface area contributed by atoms with Gasteiger partial charge in [0.15, 0.2) is 0 Å². The predicted octanol–water partition coefficient (Wildman–Crippen LogP) is 3.89. The van der Waals surface area contributed by atoms with E-state index in [2.05, 4.69) is 26.5 Å². The Hall–Kier alpha value is -2.62. The molecule has 8 nitrogen and oxygen atoms in total. The predicted molar refractivity (Wildman–Crippen MR) is 104 cm³/mol. The molecule has 1 atom stereocenters. The molecule has 4 rings (SSSR count). The summed E-state index contributed by atoms with van der Waals surface area (Å²) in [6.07, 6.45) is 2.40. The van der Waals surface area contributed by atoms with Gasteiger partial charge in [0.05, 0.1) is 17.6 Å². The van der Waals surface area contributed by atoms with Gasteiger partial charge >= 0.3 is 0 Å². The average molecular weight is 400 g/mol. The van der Waals surface area contributed by atoms with Crippen LogP contribution in [0.1, 0.15) is 23.6 Å². The quantitative estimate of drug-likeness (QED) is 0.418. The summed E-state index contributed by atoms with van der Waals surface area (Å²) in [6, 6.07) is 10.3. The largest absolute Gasteiger partial charge is 0.377 e. The van der Waals surface area contributed by atoms with Gasteiger partial charge in [-0.15, -0.1) is 11.3 Å². The molecule has 1 fully saturated rings. The zero-order chi connectivity index (χ0) is 19.3. The number of nitro benzene ring substituents is 1. The van der Waals surface area contributed by atoms with Crippen LogP contribution in [0.3, 0.4) is 0 Å². The second-order valence-electron chi connectivity index (χ2n) is 6.70. The molecule has 28 heavy (non-hydrogen) atoms. The van der Waals surface area contributed by atoms with Crippen molar-refractivity contribution >= 4 is 17.0 Å². The third-order valence-corrected chi connectivity index (χ3v) is 5.47. The molecule has 0 radical (unpaired) electrons. The van der Waals surface area contributed by atoms with Gasteiger partial charge in [-0.05, 0) is 36.4 Å². The molecular formula is C19H20N4O4S.